The largest absolute Gasteiger partial charge is 0.310 e. The summed E-state index contributed by atoms with van der Waals surface area (Å²) in [5.74, 6) is 0. The number of rotatable bonds is 6. The van der Waals surface area contributed by atoms with E-state index in [2.05, 4.69) is 44.1 Å². The molecular weight excluding hydrogens is 266 g/mol. The van der Waals surface area contributed by atoms with Gasteiger partial charge in [0.25, 0.3) is 0 Å². The van der Waals surface area contributed by atoms with Crippen molar-refractivity contribution in [3.05, 3.63) is 34.5 Å². The van der Waals surface area contributed by atoms with Crippen LogP contribution in [0.4, 0.5) is 0 Å². The Morgan fingerprint density at radius 2 is 2.05 bits per heavy atom. The number of hydrogen-bond donors (Lipinski definition) is 1. The van der Waals surface area contributed by atoms with E-state index in [1.165, 1.54) is 16.1 Å². The second kappa shape index (κ2) is 6.95. The van der Waals surface area contributed by atoms with Gasteiger partial charge in [-0.1, -0.05) is 33.8 Å². The van der Waals surface area contributed by atoms with E-state index in [4.69, 9.17) is 4.98 Å². The minimum Gasteiger partial charge on any atom is -0.310 e. The summed E-state index contributed by atoms with van der Waals surface area (Å²) in [6, 6.07) is 4.63. The molecular formula is C16H23N3S. The first-order valence-electron chi connectivity index (χ1n) is 7.31. The number of hydrogen-bond acceptors (Lipinski definition) is 4. The molecule has 1 N–H and O–H groups in total. The average molecular weight is 289 g/mol. The molecule has 0 unspecified atom stereocenters. The fourth-order valence-electron chi connectivity index (χ4n) is 2.11. The smallest absolute Gasteiger partial charge is 0.142 e. The van der Waals surface area contributed by atoms with Gasteiger partial charge in [-0.15, -0.1) is 11.3 Å². The Morgan fingerprint density at radius 1 is 1.25 bits per heavy atom. The van der Waals surface area contributed by atoms with Crippen LogP contribution in [0, 0.1) is 0 Å². The molecule has 3 nitrogen and oxygen atoms in total. The van der Waals surface area contributed by atoms with Crippen LogP contribution in [0.1, 0.15) is 43.8 Å². The molecule has 0 saturated carbocycles. The quantitative estimate of drug-likeness (QED) is 0.878. The number of pyridine rings is 1. The molecule has 4 heteroatoms. The highest BCUT2D eigenvalue weighted by atomic mass is 32.1. The Labute approximate surface area is 125 Å². The fraction of sp³-hybridized carbons (Fsp3) is 0.500. The van der Waals surface area contributed by atoms with Crippen LogP contribution < -0.4 is 5.32 Å². The van der Waals surface area contributed by atoms with Crippen LogP contribution in [0.15, 0.2) is 18.3 Å². The summed E-state index contributed by atoms with van der Waals surface area (Å²) in [5.41, 5.74) is 3.52. The maximum absolute atomic E-state index is 4.80. The van der Waals surface area contributed by atoms with Crippen molar-refractivity contribution >= 4 is 11.3 Å². The van der Waals surface area contributed by atoms with Crippen LogP contribution in [0.5, 0.6) is 0 Å². The van der Waals surface area contributed by atoms with E-state index >= 15 is 0 Å². The van der Waals surface area contributed by atoms with Gasteiger partial charge in [0.1, 0.15) is 10.7 Å². The molecule has 0 aliphatic heterocycles. The van der Waals surface area contributed by atoms with E-state index in [9.17, 15) is 0 Å². The monoisotopic (exact) mass is 289 g/mol. The van der Waals surface area contributed by atoms with E-state index in [0.29, 0.717) is 6.04 Å². The Bertz CT molecular complexity index is 561. The number of aryl methyl sites for hydroxylation is 2. The molecule has 0 bridgehead atoms. The summed E-state index contributed by atoms with van der Waals surface area (Å²) < 4.78 is 0. The summed E-state index contributed by atoms with van der Waals surface area (Å²) in [6.07, 6.45) is 3.82. The van der Waals surface area contributed by atoms with Gasteiger partial charge >= 0.3 is 0 Å². The summed E-state index contributed by atoms with van der Waals surface area (Å²) in [6.45, 7) is 9.56. The topological polar surface area (TPSA) is 37.8 Å². The van der Waals surface area contributed by atoms with Gasteiger partial charge in [-0.05, 0) is 24.5 Å². The lowest BCUT2D eigenvalue weighted by Crippen LogP contribution is -2.21. The van der Waals surface area contributed by atoms with Crippen molar-refractivity contribution in [2.45, 2.75) is 53.1 Å². The first-order chi connectivity index (χ1) is 9.65. The Morgan fingerprint density at radius 3 is 2.70 bits per heavy atom. The number of nitrogens with zero attached hydrogens (tertiary/aromatic N) is 2. The van der Waals surface area contributed by atoms with Gasteiger partial charge in [0.2, 0.25) is 0 Å². The average Bonchev–Trinajstić information content (AvgIpc) is 2.88. The van der Waals surface area contributed by atoms with Crippen molar-refractivity contribution in [2.75, 3.05) is 0 Å². The van der Waals surface area contributed by atoms with Gasteiger partial charge in [0.15, 0.2) is 0 Å². The van der Waals surface area contributed by atoms with E-state index in [-0.39, 0.29) is 0 Å². The molecule has 2 aromatic rings. The van der Waals surface area contributed by atoms with Gasteiger partial charge in [0.05, 0.1) is 5.69 Å². The van der Waals surface area contributed by atoms with Crippen LogP contribution in [0.25, 0.3) is 10.7 Å². The fourth-order valence-corrected chi connectivity index (χ4v) is 3.25. The van der Waals surface area contributed by atoms with Crippen molar-refractivity contribution in [1.82, 2.24) is 15.3 Å². The molecule has 2 aromatic heterocycles. The SMILES string of the molecule is CCc1cccnc1-c1nc(CC)c(CNC(C)C)s1. The lowest BCUT2D eigenvalue weighted by molar-refractivity contribution is 0.590. The van der Waals surface area contributed by atoms with Crippen LogP contribution >= 0.6 is 11.3 Å². The molecule has 2 heterocycles. The molecule has 0 radical (unpaired) electrons. The summed E-state index contributed by atoms with van der Waals surface area (Å²) in [4.78, 5) is 10.7. The molecule has 20 heavy (non-hydrogen) atoms. The standard InChI is InChI=1S/C16H23N3S/c1-5-12-8-7-9-17-15(12)16-19-13(6-2)14(20-16)10-18-11(3)4/h7-9,11,18H,5-6,10H2,1-4H3. The first-order valence-corrected chi connectivity index (χ1v) is 8.13. The molecule has 0 spiro atoms. The number of aromatic nitrogens is 2. The summed E-state index contributed by atoms with van der Waals surface area (Å²) in [5, 5.41) is 4.54. The van der Waals surface area contributed by atoms with Gasteiger partial charge < -0.3 is 5.32 Å². The third-order valence-electron chi connectivity index (χ3n) is 3.26. The maximum Gasteiger partial charge on any atom is 0.142 e. The predicted molar refractivity (Wildman–Crippen MR) is 86.1 cm³/mol. The number of nitrogens with one attached hydrogen (secondary N) is 1. The van der Waals surface area contributed by atoms with E-state index in [0.717, 1.165) is 30.1 Å². The van der Waals surface area contributed by atoms with Crippen LogP contribution in [0.3, 0.4) is 0 Å². The van der Waals surface area contributed by atoms with Gasteiger partial charge in [0, 0.05) is 23.7 Å². The van der Waals surface area contributed by atoms with E-state index in [1.807, 2.05) is 12.3 Å². The molecule has 0 saturated heterocycles. The van der Waals surface area contributed by atoms with Gasteiger partial charge in [-0.2, -0.15) is 0 Å². The summed E-state index contributed by atoms with van der Waals surface area (Å²) in [7, 11) is 0. The molecule has 2 rings (SSSR count). The highest BCUT2D eigenvalue weighted by molar-refractivity contribution is 7.15. The Balaban J connectivity index is 2.33. The molecule has 0 aliphatic rings. The zero-order valence-electron chi connectivity index (χ0n) is 12.7. The van der Waals surface area contributed by atoms with Gasteiger partial charge in [-0.25, -0.2) is 4.98 Å². The zero-order valence-corrected chi connectivity index (χ0v) is 13.5. The van der Waals surface area contributed by atoms with E-state index < -0.39 is 0 Å². The van der Waals surface area contributed by atoms with Crippen LogP contribution in [-0.2, 0) is 19.4 Å². The lowest BCUT2D eigenvalue weighted by atomic mass is 10.1. The normalized spacial score (nSPS) is 11.2. The summed E-state index contributed by atoms with van der Waals surface area (Å²) >= 11 is 1.77. The highest BCUT2D eigenvalue weighted by Gasteiger charge is 2.14. The second-order valence-corrected chi connectivity index (χ2v) is 6.23. The molecule has 0 aromatic carbocycles. The first kappa shape index (κ1) is 15.1. The van der Waals surface area contributed by atoms with Crippen LogP contribution in [0.2, 0.25) is 0 Å². The second-order valence-electron chi connectivity index (χ2n) is 5.14. The molecule has 0 atom stereocenters. The molecule has 0 aliphatic carbocycles. The third kappa shape index (κ3) is 3.44. The maximum atomic E-state index is 4.80. The minimum atomic E-state index is 0.492. The van der Waals surface area contributed by atoms with Crippen molar-refractivity contribution in [3.8, 4) is 10.7 Å². The number of thiazole rings is 1. The van der Waals surface area contributed by atoms with Gasteiger partial charge in [-0.3, -0.25) is 4.98 Å². The Kier molecular flexibility index (Phi) is 5.26. The highest BCUT2D eigenvalue weighted by Crippen LogP contribution is 2.29. The van der Waals surface area contributed by atoms with E-state index in [1.54, 1.807) is 11.3 Å². The third-order valence-corrected chi connectivity index (χ3v) is 4.36. The van der Waals surface area contributed by atoms with Crippen molar-refractivity contribution in [1.29, 1.82) is 0 Å². The minimum absolute atomic E-state index is 0.492. The zero-order chi connectivity index (χ0) is 14.5. The van der Waals surface area contributed by atoms with Crippen molar-refractivity contribution in [2.24, 2.45) is 0 Å². The molecule has 108 valence electrons. The van der Waals surface area contributed by atoms with Crippen molar-refractivity contribution < 1.29 is 0 Å². The Hall–Kier alpha value is -1.26. The predicted octanol–water partition coefficient (Wildman–Crippen LogP) is 3.83. The molecule has 0 fully saturated rings. The molecule has 0 amide bonds. The van der Waals surface area contributed by atoms with Crippen LogP contribution in [-0.4, -0.2) is 16.0 Å². The lowest BCUT2D eigenvalue weighted by Gasteiger charge is -2.06. The van der Waals surface area contributed by atoms with Crippen molar-refractivity contribution in [3.63, 3.8) is 0 Å².